The van der Waals surface area contributed by atoms with E-state index in [-0.39, 0.29) is 5.69 Å². The van der Waals surface area contributed by atoms with Gasteiger partial charge in [-0.15, -0.1) is 0 Å². The van der Waals surface area contributed by atoms with E-state index < -0.39 is 4.92 Å². The van der Waals surface area contributed by atoms with Crippen LogP contribution in [0.4, 0.5) is 11.5 Å². The molecule has 3 aromatic rings. The summed E-state index contributed by atoms with van der Waals surface area (Å²) < 4.78 is 0. The van der Waals surface area contributed by atoms with Crippen molar-refractivity contribution in [2.24, 2.45) is 5.10 Å². The Morgan fingerprint density at radius 1 is 1.08 bits per heavy atom. The minimum atomic E-state index is -0.440. The number of nitrogens with one attached hydrogen (secondary N) is 1. The number of hydrazone groups is 1. The first kappa shape index (κ1) is 16.3. The number of aryl methyl sites for hydroxylation is 1. The van der Waals surface area contributed by atoms with E-state index >= 15 is 0 Å². The van der Waals surface area contributed by atoms with E-state index in [0.29, 0.717) is 17.2 Å². The van der Waals surface area contributed by atoms with Gasteiger partial charge in [-0.3, -0.25) is 15.5 Å². The van der Waals surface area contributed by atoms with Gasteiger partial charge < -0.3 is 0 Å². The molecule has 1 heterocycles. The average molecular weight is 333 g/mol. The molecule has 1 aromatic heterocycles. The highest BCUT2D eigenvalue weighted by Gasteiger charge is 2.05. The molecule has 0 fully saturated rings. The molecular weight excluding hydrogens is 318 g/mol. The molecule has 0 amide bonds. The molecule has 2 aromatic carbocycles. The second-order valence-corrected chi connectivity index (χ2v) is 5.31. The second kappa shape index (κ2) is 7.31. The highest BCUT2D eigenvalue weighted by Crippen LogP contribution is 2.17. The van der Waals surface area contributed by atoms with Crippen molar-refractivity contribution in [3.05, 3.63) is 82.0 Å². The van der Waals surface area contributed by atoms with Crippen LogP contribution in [-0.4, -0.2) is 21.1 Å². The summed E-state index contributed by atoms with van der Waals surface area (Å²) in [6.45, 7) is 1.88. The van der Waals surface area contributed by atoms with Gasteiger partial charge in [0.15, 0.2) is 11.6 Å². The monoisotopic (exact) mass is 333 g/mol. The number of nitrogens with zero attached hydrogens (tertiary/aromatic N) is 4. The number of aromatic nitrogens is 2. The fourth-order valence-corrected chi connectivity index (χ4v) is 2.23. The quantitative estimate of drug-likeness (QED) is 0.435. The number of nitro benzene ring substituents is 1. The van der Waals surface area contributed by atoms with Crippen LogP contribution in [0.25, 0.3) is 11.4 Å². The molecular formula is C18H15N5O2. The Kier molecular flexibility index (Phi) is 4.75. The Balaban J connectivity index is 1.78. The standard InChI is InChI=1S/C18H15N5O2/c1-13-10-17(21-18(20-13)15-7-3-2-4-8-15)22-19-12-14-6-5-9-16(11-14)23(24)25/h2-12H,1H3,(H,20,21,22)/b19-12+. The zero-order valence-electron chi connectivity index (χ0n) is 13.5. The van der Waals surface area contributed by atoms with E-state index in [1.54, 1.807) is 18.2 Å². The Morgan fingerprint density at radius 3 is 2.64 bits per heavy atom. The van der Waals surface area contributed by atoms with Crippen molar-refractivity contribution < 1.29 is 4.92 Å². The van der Waals surface area contributed by atoms with Crippen LogP contribution in [0.15, 0.2) is 65.8 Å². The first-order valence-electron chi connectivity index (χ1n) is 7.56. The van der Waals surface area contributed by atoms with Crippen LogP contribution in [0, 0.1) is 17.0 Å². The number of non-ortho nitro benzene ring substituents is 1. The largest absolute Gasteiger partial charge is 0.270 e. The van der Waals surface area contributed by atoms with Crippen LogP contribution in [0.3, 0.4) is 0 Å². The molecule has 1 N–H and O–H groups in total. The van der Waals surface area contributed by atoms with E-state index in [1.165, 1.54) is 18.3 Å². The number of hydrogen-bond donors (Lipinski definition) is 1. The number of anilines is 1. The molecule has 3 rings (SSSR count). The summed E-state index contributed by atoms with van der Waals surface area (Å²) in [4.78, 5) is 19.2. The minimum Gasteiger partial charge on any atom is -0.261 e. The molecule has 25 heavy (non-hydrogen) atoms. The van der Waals surface area contributed by atoms with E-state index in [2.05, 4.69) is 20.5 Å². The number of nitro groups is 1. The van der Waals surface area contributed by atoms with E-state index in [1.807, 2.05) is 37.3 Å². The molecule has 0 atom stereocenters. The van der Waals surface area contributed by atoms with Gasteiger partial charge in [-0.25, -0.2) is 9.97 Å². The summed E-state index contributed by atoms with van der Waals surface area (Å²) in [5, 5.41) is 14.9. The van der Waals surface area contributed by atoms with Crippen molar-refractivity contribution in [3.8, 4) is 11.4 Å². The average Bonchev–Trinajstić information content (AvgIpc) is 2.62. The summed E-state index contributed by atoms with van der Waals surface area (Å²) in [5.41, 5.74) is 5.20. The molecule has 0 aliphatic rings. The predicted molar refractivity (Wildman–Crippen MR) is 96.5 cm³/mol. The molecule has 0 saturated heterocycles. The Hall–Kier alpha value is -3.61. The third-order valence-corrected chi connectivity index (χ3v) is 3.36. The molecule has 0 bridgehead atoms. The second-order valence-electron chi connectivity index (χ2n) is 5.31. The fourth-order valence-electron chi connectivity index (χ4n) is 2.23. The van der Waals surface area contributed by atoms with Gasteiger partial charge in [0.2, 0.25) is 0 Å². The molecule has 0 saturated carbocycles. The molecule has 0 radical (unpaired) electrons. The zero-order chi connectivity index (χ0) is 17.6. The van der Waals surface area contributed by atoms with Crippen LogP contribution >= 0.6 is 0 Å². The summed E-state index contributed by atoms with van der Waals surface area (Å²) in [6.07, 6.45) is 1.51. The molecule has 0 aliphatic carbocycles. The summed E-state index contributed by atoms with van der Waals surface area (Å²) >= 11 is 0. The first-order chi connectivity index (χ1) is 12.1. The number of rotatable bonds is 5. The Bertz CT molecular complexity index is 926. The molecule has 0 unspecified atom stereocenters. The van der Waals surface area contributed by atoms with Crippen molar-refractivity contribution in [3.63, 3.8) is 0 Å². The zero-order valence-corrected chi connectivity index (χ0v) is 13.5. The summed E-state index contributed by atoms with van der Waals surface area (Å²) in [5.74, 6) is 1.15. The highest BCUT2D eigenvalue weighted by molar-refractivity contribution is 5.81. The van der Waals surface area contributed by atoms with Crippen LogP contribution in [0.5, 0.6) is 0 Å². The van der Waals surface area contributed by atoms with Gasteiger partial charge in [0.05, 0.1) is 11.1 Å². The molecule has 0 spiro atoms. The van der Waals surface area contributed by atoms with Gasteiger partial charge >= 0.3 is 0 Å². The third-order valence-electron chi connectivity index (χ3n) is 3.36. The first-order valence-corrected chi connectivity index (χ1v) is 7.56. The number of benzene rings is 2. The smallest absolute Gasteiger partial charge is 0.261 e. The summed E-state index contributed by atoms with van der Waals surface area (Å²) in [7, 11) is 0. The van der Waals surface area contributed by atoms with Crippen molar-refractivity contribution >= 4 is 17.7 Å². The van der Waals surface area contributed by atoms with Gasteiger partial charge in [0.25, 0.3) is 5.69 Å². The van der Waals surface area contributed by atoms with E-state index in [9.17, 15) is 10.1 Å². The predicted octanol–water partition coefficient (Wildman–Crippen LogP) is 3.81. The van der Waals surface area contributed by atoms with Gasteiger partial charge in [0, 0.05) is 35.0 Å². The Morgan fingerprint density at radius 2 is 1.88 bits per heavy atom. The normalized spacial score (nSPS) is 10.8. The van der Waals surface area contributed by atoms with Crippen molar-refractivity contribution in [2.75, 3.05) is 5.43 Å². The lowest BCUT2D eigenvalue weighted by Crippen LogP contribution is -1.99. The van der Waals surface area contributed by atoms with E-state index in [4.69, 9.17) is 0 Å². The maximum absolute atomic E-state index is 10.8. The lowest BCUT2D eigenvalue weighted by molar-refractivity contribution is -0.384. The van der Waals surface area contributed by atoms with Crippen LogP contribution in [0.2, 0.25) is 0 Å². The van der Waals surface area contributed by atoms with Crippen molar-refractivity contribution in [1.29, 1.82) is 0 Å². The van der Waals surface area contributed by atoms with Gasteiger partial charge in [-0.05, 0) is 6.92 Å². The highest BCUT2D eigenvalue weighted by atomic mass is 16.6. The lowest BCUT2D eigenvalue weighted by Gasteiger charge is -2.05. The molecule has 0 aliphatic heterocycles. The summed E-state index contributed by atoms with van der Waals surface area (Å²) in [6, 6.07) is 17.7. The van der Waals surface area contributed by atoms with E-state index in [0.717, 1.165) is 11.3 Å². The minimum absolute atomic E-state index is 0.0215. The van der Waals surface area contributed by atoms with Gasteiger partial charge in [-0.2, -0.15) is 5.10 Å². The lowest BCUT2D eigenvalue weighted by atomic mass is 10.2. The number of hydrogen-bond acceptors (Lipinski definition) is 6. The van der Waals surface area contributed by atoms with Crippen LogP contribution in [0.1, 0.15) is 11.3 Å². The Labute approximate surface area is 144 Å². The molecule has 7 nitrogen and oxygen atoms in total. The van der Waals surface area contributed by atoms with Crippen molar-refractivity contribution in [1.82, 2.24) is 9.97 Å². The maximum Gasteiger partial charge on any atom is 0.270 e. The fraction of sp³-hybridized carbons (Fsp3) is 0.0556. The maximum atomic E-state index is 10.8. The molecule has 7 heteroatoms. The van der Waals surface area contributed by atoms with Gasteiger partial charge in [0.1, 0.15) is 0 Å². The van der Waals surface area contributed by atoms with Crippen LogP contribution in [-0.2, 0) is 0 Å². The molecule has 124 valence electrons. The van der Waals surface area contributed by atoms with Crippen molar-refractivity contribution in [2.45, 2.75) is 6.92 Å². The SMILES string of the molecule is Cc1cc(N/N=C/c2cccc([N+](=O)[O-])c2)nc(-c2ccccc2)n1. The third kappa shape index (κ3) is 4.23. The van der Waals surface area contributed by atoms with Crippen LogP contribution < -0.4 is 5.43 Å². The topological polar surface area (TPSA) is 93.3 Å². The van der Waals surface area contributed by atoms with Gasteiger partial charge in [-0.1, -0.05) is 42.5 Å².